The van der Waals surface area contributed by atoms with Gasteiger partial charge >= 0.3 is 13.5 Å². The first kappa shape index (κ1) is 24.7. The quantitative estimate of drug-likeness (QED) is 0.429. The largest absolute Gasteiger partial charge is 0.470 e. The Labute approximate surface area is 189 Å². The molecule has 1 aromatic rings. The molecule has 0 bridgehead atoms. The number of ether oxygens (including phenoxy) is 5. The molecular formula is C19H29N2O11P. The van der Waals surface area contributed by atoms with Gasteiger partial charge in [-0.05, 0) is 38.5 Å². The molecule has 6 atom stereocenters. The van der Waals surface area contributed by atoms with E-state index in [1.54, 1.807) is 0 Å². The molecule has 186 valence electrons. The summed E-state index contributed by atoms with van der Waals surface area (Å²) in [5.74, 6) is 0. The van der Waals surface area contributed by atoms with Crippen LogP contribution in [-0.2, 0) is 32.8 Å². The van der Waals surface area contributed by atoms with E-state index in [4.69, 9.17) is 28.2 Å². The highest BCUT2D eigenvalue weighted by molar-refractivity contribution is 7.46. The molecule has 13 nitrogen and oxygen atoms in total. The van der Waals surface area contributed by atoms with Gasteiger partial charge in [-0.1, -0.05) is 0 Å². The minimum atomic E-state index is -4.97. The minimum absolute atomic E-state index is 0.116. The van der Waals surface area contributed by atoms with E-state index in [0.717, 1.165) is 36.3 Å². The van der Waals surface area contributed by atoms with E-state index in [1.165, 1.54) is 6.20 Å². The monoisotopic (exact) mass is 492 g/mol. The van der Waals surface area contributed by atoms with E-state index in [2.05, 4.69) is 4.98 Å². The third-order valence-corrected chi connectivity index (χ3v) is 6.22. The van der Waals surface area contributed by atoms with Crippen molar-refractivity contribution in [2.75, 3.05) is 19.8 Å². The summed E-state index contributed by atoms with van der Waals surface area (Å²) < 4.78 is 46.9. The zero-order valence-electron chi connectivity index (χ0n) is 17.9. The van der Waals surface area contributed by atoms with Crippen LogP contribution < -0.4 is 11.2 Å². The lowest BCUT2D eigenvalue weighted by molar-refractivity contribution is -0.214. The van der Waals surface area contributed by atoms with Gasteiger partial charge in [0.05, 0.1) is 6.61 Å². The summed E-state index contributed by atoms with van der Waals surface area (Å²) >= 11 is 0. The fraction of sp³-hybridized carbons (Fsp3) is 0.789. The first-order valence-electron chi connectivity index (χ1n) is 11.0. The number of nitrogens with zero attached hydrogens (tertiary/aromatic N) is 1. The maximum absolute atomic E-state index is 12.5. The van der Waals surface area contributed by atoms with Gasteiger partial charge in [0.1, 0.15) is 18.3 Å². The van der Waals surface area contributed by atoms with Crippen molar-refractivity contribution in [3.05, 3.63) is 33.1 Å². The number of nitrogens with one attached hydrogen (secondary N) is 1. The Balaban J connectivity index is 1.61. The van der Waals surface area contributed by atoms with Gasteiger partial charge in [0, 0.05) is 25.5 Å². The maximum Gasteiger partial charge on any atom is 0.470 e. The Morgan fingerprint density at radius 2 is 1.76 bits per heavy atom. The lowest BCUT2D eigenvalue weighted by Gasteiger charge is -2.31. The summed E-state index contributed by atoms with van der Waals surface area (Å²) in [6.45, 7) is 0.908. The maximum atomic E-state index is 12.5. The molecule has 0 aliphatic carbocycles. The van der Waals surface area contributed by atoms with E-state index in [9.17, 15) is 23.9 Å². The third kappa shape index (κ3) is 6.59. The lowest BCUT2D eigenvalue weighted by atomic mass is 10.1. The average Bonchev–Trinajstić information content (AvgIpc) is 3.09. The topological polar surface area (TPSA) is 168 Å². The summed E-state index contributed by atoms with van der Waals surface area (Å²) in [4.78, 5) is 45.2. The van der Waals surface area contributed by atoms with Gasteiger partial charge in [0.2, 0.25) is 0 Å². The molecule has 1 aromatic heterocycles. The van der Waals surface area contributed by atoms with E-state index < -0.39 is 56.2 Å². The van der Waals surface area contributed by atoms with Crippen molar-refractivity contribution < 1.29 is 42.6 Å². The van der Waals surface area contributed by atoms with Gasteiger partial charge in [-0.2, -0.15) is 0 Å². The molecule has 0 amide bonds. The van der Waals surface area contributed by atoms with Crippen molar-refractivity contribution >= 4 is 7.82 Å². The van der Waals surface area contributed by atoms with E-state index in [-0.39, 0.29) is 6.61 Å². The molecule has 4 rings (SSSR count). The van der Waals surface area contributed by atoms with Crippen LogP contribution >= 0.6 is 7.82 Å². The first-order chi connectivity index (χ1) is 15.8. The predicted molar refractivity (Wildman–Crippen MR) is 110 cm³/mol. The van der Waals surface area contributed by atoms with Crippen molar-refractivity contribution in [2.45, 2.75) is 75.6 Å². The molecular weight excluding hydrogens is 463 g/mol. The first-order valence-corrected chi connectivity index (χ1v) is 12.5. The normalized spacial score (nSPS) is 33.3. The van der Waals surface area contributed by atoms with Crippen LogP contribution in [0.1, 0.15) is 44.8 Å². The van der Waals surface area contributed by atoms with Gasteiger partial charge in [0.15, 0.2) is 18.8 Å². The molecule has 3 aliphatic heterocycles. The molecule has 14 heteroatoms. The van der Waals surface area contributed by atoms with Gasteiger partial charge in [-0.25, -0.2) is 9.36 Å². The van der Waals surface area contributed by atoms with Crippen LogP contribution in [0.15, 0.2) is 21.9 Å². The Morgan fingerprint density at radius 1 is 1.06 bits per heavy atom. The number of aromatic amines is 1. The molecule has 2 unspecified atom stereocenters. The number of H-pyrrole nitrogens is 1. The molecule has 0 aromatic carbocycles. The third-order valence-electron chi connectivity index (χ3n) is 5.70. The van der Waals surface area contributed by atoms with Crippen LogP contribution in [0.3, 0.4) is 0 Å². The zero-order valence-corrected chi connectivity index (χ0v) is 18.8. The van der Waals surface area contributed by atoms with Gasteiger partial charge < -0.3 is 33.5 Å². The van der Waals surface area contributed by atoms with Crippen molar-refractivity contribution in [3.8, 4) is 0 Å². The average molecular weight is 492 g/mol. The Hall–Kier alpha value is -1.41. The molecule has 33 heavy (non-hydrogen) atoms. The standard InChI is InChI=1S/C19H29N2O11P/c22-13-7-8-21(19(23)20-13)18-17(31-15-6-2-4-10-28-15)16(32-33(24,25)26)12(30-18)11-29-14-5-1-3-9-27-14/h7-8,12,14-18H,1-6,9-11H2,(H,20,22,23)(H2,24,25,26)/t12-,14?,15?,16-,17-,18-/m1/s1. The van der Waals surface area contributed by atoms with Gasteiger partial charge in [0.25, 0.3) is 5.56 Å². The van der Waals surface area contributed by atoms with E-state index in [1.807, 2.05) is 0 Å². The molecule has 3 aliphatic rings. The van der Waals surface area contributed by atoms with E-state index >= 15 is 0 Å². The summed E-state index contributed by atoms with van der Waals surface area (Å²) in [6.07, 6.45) is 0.307. The number of hydrogen-bond acceptors (Lipinski definition) is 9. The summed E-state index contributed by atoms with van der Waals surface area (Å²) in [7, 11) is -4.97. The molecule has 0 spiro atoms. The van der Waals surface area contributed by atoms with Crippen LogP contribution in [0, 0.1) is 0 Å². The smallest absolute Gasteiger partial charge is 0.353 e. The van der Waals surface area contributed by atoms with Crippen LogP contribution in [0.4, 0.5) is 0 Å². The van der Waals surface area contributed by atoms with Crippen LogP contribution in [-0.4, -0.2) is 70.1 Å². The molecule has 0 radical (unpaired) electrons. The zero-order chi connectivity index (χ0) is 23.4. The molecule has 0 saturated carbocycles. The predicted octanol–water partition coefficient (Wildman–Crippen LogP) is 0.367. The summed E-state index contributed by atoms with van der Waals surface area (Å²) in [5.41, 5.74) is -1.36. The van der Waals surface area contributed by atoms with Crippen LogP contribution in [0.5, 0.6) is 0 Å². The van der Waals surface area contributed by atoms with E-state index in [0.29, 0.717) is 26.1 Å². The van der Waals surface area contributed by atoms with Crippen LogP contribution in [0.25, 0.3) is 0 Å². The SMILES string of the molecule is O=c1ccn([C@@H]2O[C@H](COC3CCCCO3)[C@@H](OP(=O)(O)O)[C@H]2OC2CCCCO2)c(=O)[nH]1. The molecule has 3 fully saturated rings. The molecule has 3 N–H and O–H groups in total. The van der Waals surface area contributed by atoms with Crippen molar-refractivity contribution in [2.24, 2.45) is 0 Å². The van der Waals surface area contributed by atoms with Gasteiger partial charge in [-0.3, -0.25) is 18.9 Å². The highest BCUT2D eigenvalue weighted by Crippen LogP contribution is 2.45. The lowest BCUT2D eigenvalue weighted by Crippen LogP contribution is -2.43. The second-order valence-electron chi connectivity index (χ2n) is 8.17. The Kier molecular flexibility index (Phi) is 8.15. The van der Waals surface area contributed by atoms with Crippen molar-refractivity contribution in [1.82, 2.24) is 9.55 Å². The highest BCUT2D eigenvalue weighted by Gasteiger charge is 2.51. The number of phosphoric acid groups is 1. The minimum Gasteiger partial charge on any atom is -0.353 e. The summed E-state index contributed by atoms with van der Waals surface area (Å²) in [5, 5.41) is 0. The Bertz CT molecular complexity index is 934. The second-order valence-corrected chi connectivity index (χ2v) is 9.36. The van der Waals surface area contributed by atoms with Gasteiger partial charge in [-0.15, -0.1) is 0 Å². The number of aromatic nitrogens is 2. The summed E-state index contributed by atoms with van der Waals surface area (Å²) in [6, 6.07) is 1.14. The number of rotatable bonds is 8. The number of hydrogen-bond donors (Lipinski definition) is 3. The van der Waals surface area contributed by atoms with Crippen molar-refractivity contribution in [1.29, 1.82) is 0 Å². The molecule has 4 heterocycles. The Morgan fingerprint density at radius 3 is 2.36 bits per heavy atom. The number of phosphoric ester groups is 1. The molecule has 3 saturated heterocycles. The highest BCUT2D eigenvalue weighted by atomic mass is 31.2. The van der Waals surface area contributed by atoms with Crippen LogP contribution in [0.2, 0.25) is 0 Å². The fourth-order valence-corrected chi connectivity index (χ4v) is 4.74. The second kappa shape index (κ2) is 10.9. The van der Waals surface area contributed by atoms with Crippen molar-refractivity contribution in [3.63, 3.8) is 0 Å². The fourth-order valence-electron chi connectivity index (χ4n) is 4.16.